The standard InChI is InChI=1S/C19H16F3N3O.2C18H16FN3O.C18H17N3O/c1-11(26)15-16(12-6-3-2-4-7-12)24-18(23)25-17(15)13-8-5-9-14(10-13)19(20,21)22;1-11(23)15-16(12-6-3-2-4-7-12)21-18(20)22-17(15)13-8-5-9-14(19)10-13;1-11(23)15-16(12-5-3-2-4-6-12)21-18(20)22-17(15)13-7-9-14(19)10-8-13;1-12(22)15-16(13-8-4-2-5-9-13)20-18(19)21-17(15)14-10-6-3-7-11-14/h2-10,17H,1H3,(H3,23,24,25);2*2-10,17H,1H3,(H3,20,21,22);2-11,16H,1H3,(H3,19,20,21). The van der Waals surface area contributed by atoms with Gasteiger partial charge in [-0.05, 0) is 109 Å². The molecule has 0 aromatic heterocycles. The summed E-state index contributed by atoms with van der Waals surface area (Å²) < 4.78 is 65.9. The zero-order valence-electron chi connectivity index (χ0n) is 51.3. The number of hydrogen-bond donors (Lipinski definition) is 8. The van der Waals surface area contributed by atoms with E-state index in [-0.39, 0.29) is 69.8 Å². The molecule has 4 heterocycles. The van der Waals surface area contributed by atoms with Crippen LogP contribution in [0.15, 0.2) is 267 Å². The van der Waals surface area contributed by atoms with E-state index >= 15 is 0 Å². The fraction of sp³-hybridized carbons (Fsp3) is 0.123. The number of halogens is 5. The van der Waals surface area contributed by atoms with Crippen molar-refractivity contribution >= 4 is 69.8 Å². The van der Waals surface area contributed by atoms with Crippen molar-refractivity contribution in [1.29, 1.82) is 0 Å². The van der Waals surface area contributed by atoms with Crippen LogP contribution in [0.2, 0.25) is 0 Å². The molecule has 12 rings (SSSR count). The minimum Gasteiger partial charge on any atom is -0.370 e. The Kier molecular flexibility index (Phi) is 21.1. The average molecular weight is 1270 g/mol. The Bertz CT molecular complexity index is 4380. The van der Waals surface area contributed by atoms with Crippen LogP contribution in [0.4, 0.5) is 22.0 Å². The second-order valence-electron chi connectivity index (χ2n) is 21.7. The summed E-state index contributed by atoms with van der Waals surface area (Å²) in [5.41, 5.74) is 32.9. The molecular formula is C73H65F5N12O4. The van der Waals surface area contributed by atoms with Crippen LogP contribution in [-0.4, -0.2) is 47.0 Å². The van der Waals surface area contributed by atoms with Crippen LogP contribution in [0.5, 0.6) is 0 Å². The van der Waals surface area contributed by atoms with E-state index in [0.717, 1.165) is 45.6 Å². The molecule has 21 heteroatoms. The van der Waals surface area contributed by atoms with Gasteiger partial charge in [-0.25, -0.2) is 28.8 Å². The van der Waals surface area contributed by atoms with Crippen LogP contribution < -0.4 is 44.2 Å². The highest BCUT2D eigenvalue weighted by molar-refractivity contribution is 6.10. The number of hydrogen-bond acceptors (Lipinski definition) is 16. The molecule has 0 aliphatic carbocycles. The molecule has 12 N–H and O–H groups in total. The minimum absolute atomic E-state index is 0.0172. The summed E-state index contributed by atoms with van der Waals surface area (Å²) in [7, 11) is 0. The molecule has 4 aliphatic rings. The van der Waals surface area contributed by atoms with Crippen molar-refractivity contribution in [3.05, 3.63) is 308 Å². The lowest BCUT2D eigenvalue weighted by atomic mass is 9.90. The molecule has 94 heavy (non-hydrogen) atoms. The van der Waals surface area contributed by atoms with Crippen molar-refractivity contribution in [2.24, 2.45) is 42.9 Å². The zero-order valence-corrected chi connectivity index (χ0v) is 51.3. The number of Topliss-reactive ketones (excluding diaryl/α,β-unsaturated/α-hetero) is 4. The number of nitrogens with two attached hydrogens (primary N) is 4. The lowest BCUT2D eigenvalue weighted by Crippen LogP contribution is -2.36. The highest BCUT2D eigenvalue weighted by Crippen LogP contribution is 2.40. The molecule has 16 nitrogen and oxygen atoms in total. The Balaban J connectivity index is 0.000000148. The number of nitrogens with zero attached hydrogens (tertiary/aromatic N) is 4. The van der Waals surface area contributed by atoms with E-state index in [1.165, 1.54) is 57.2 Å². The van der Waals surface area contributed by atoms with Gasteiger partial charge in [0.25, 0.3) is 0 Å². The lowest BCUT2D eigenvalue weighted by Gasteiger charge is -2.26. The molecule has 8 aromatic rings. The number of carbonyl (C=O) groups excluding carboxylic acids is 4. The maximum Gasteiger partial charge on any atom is 0.416 e. The van der Waals surface area contributed by atoms with Crippen LogP contribution in [0.1, 0.15) is 102 Å². The number of rotatable bonds is 12. The van der Waals surface area contributed by atoms with E-state index in [1.54, 1.807) is 55.5 Å². The molecule has 0 saturated heterocycles. The second-order valence-corrected chi connectivity index (χ2v) is 21.7. The lowest BCUT2D eigenvalue weighted by molar-refractivity contribution is -0.137. The Morgan fingerprint density at radius 1 is 0.330 bits per heavy atom. The maximum absolute atomic E-state index is 13.6. The molecule has 4 aliphatic heterocycles. The number of guanidine groups is 4. The molecule has 4 atom stereocenters. The van der Waals surface area contributed by atoms with Gasteiger partial charge in [-0.15, -0.1) is 0 Å². The van der Waals surface area contributed by atoms with Gasteiger partial charge in [-0.2, -0.15) is 13.2 Å². The third-order valence-electron chi connectivity index (χ3n) is 15.0. The number of carbonyl (C=O) groups is 4. The Hall–Kier alpha value is -11.9. The Labute approximate surface area is 539 Å². The van der Waals surface area contributed by atoms with Gasteiger partial charge in [-0.3, -0.25) is 19.2 Å². The fourth-order valence-electron chi connectivity index (χ4n) is 10.9. The fourth-order valence-corrected chi connectivity index (χ4v) is 10.9. The van der Waals surface area contributed by atoms with E-state index in [1.807, 2.05) is 127 Å². The number of aliphatic imine (C=N–C) groups is 4. The quantitative estimate of drug-likeness (QED) is 0.0531. The number of nitrogens with one attached hydrogen (secondary N) is 4. The van der Waals surface area contributed by atoms with Crippen LogP contribution in [0.25, 0.3) is 22.8 Å². The summed E-state index contributed by atoms with van der Waals surface area (Å²) in [6, 6.07) is 61.6. The van der Waals surface area contributed by atoms with Crippen molar-refractivity contribution in [2.75, 3.05) is 0 Å². The van der Waals surface area contributed by atoms with Crippen molar-refractivity contribution in [2.45, 2.75) is 58.0 Å². The molecule has 0 amide bonds. The molecule has 0 fully saturated rings. The summed E-state index contributed by atoms with van der Waals surface area (Å²) >= 11 is 0. The van der Waals surface area contributed by atoms with E-state index in [9.17, 15) is 41.1 Å². The molecule has 8 aromatic carbocycles. The SMILES string of the molecule is CC(=O)C1=C(c2ccccc2)NC(N)=NC1c1ccc(F)cc1.CC(=O)C1=C(c2ccccc2)NC(N)=NC1c1cccc(C(F)(F)F)c1.CC(=O)C1=C(c2ccccc2)NC(N)=NC1c1cccc(F)c1.CC(=O)C1=C(c2ccccc2)NC(N)=NC1c1ccccc1. The smallest absolute Gasteiger partial charge is 0.370 e. The first kappa shape index (κ1) is 66.5. The van der Waals surface area contributed by atoms with Gasteiger partial charge in [0.15, 0.2) is 47.0 Å². The van der Waals surface area contributed by atoms with Crippen molar-refractivity contribution < 1.29 is 41.1 Å². The summed E-state index contributed by atoms with van der Waals surface area (Å²) in [5, 5.41) is 11.9. The Morgan fingerprint density at radius 3 is 0.894 bits per heavy atom. The Morgan fingerprint density at radius 2 is 0.596 bits per heavy atom. The van der Waals surface area contributed by atoms with E-state index in [0.29, 0.717) is 50.9 Å². The molecule has 476 valence electrons. The van der Waals surface area contributed by atoms with Gasteiger partial charge in [0.05, 0.1) is 28.4 Å². The van der Waals surface area contributed by atoms with Gasteiger partial charge in [-0.1, -0.05) is 188 Å². The van der Waals surface area contributed by atoms with Gasteiger partial charge < -0.3 is 44.2 Å². The first-order valence-electron chi connectivity index (χ1n) is 29.4. The highest BCUT2D eigenvalue weighted by atomic mass is 19.4. The molecule has 4 unspecified atom stereocenters. The predicted molar refractivity (Wildman–Crippen MR) is 357 cm³/mol. The molecular weight excluding hydrogens is 1200 g/mol. The van der Waals surface area contributed by atoms with Crippen LogP contribution in [-0.2, 0) is 25.4 Å². The molecule has 0 radical (unpaired) electrons. The molecule has 0 bridgehead atoms. The summed E-state index contributed by atoms with van der Waals surface area (Å²) in [6.07, 6.45) is -4.49. The zero-order chi connectivity index (χ0) is 67.2. The third-order valence-corrected chi connectivity index (χ3v) is 15.0. The molecule has 0 spiro atoms. The van der Waals surface area contributed by atoms with Crippen LogP contribution in [0.3, 0.4) is 0 Å². The van der Waals surface area contributed by atoms with Crippen LogP contribution in [0, 0.1) is 11.6 Å². The topological polar surface area (TPSA) is 270 Å². The summed E-state index contributed by atoms with van der Waals surface area (Å²) in [4.78, 5) is 66.4. The van der Waals surface area contributed by atoms with Gasteiger partial charge in [0, 0.05) is 22.3 Å². The first-order valence-corrected chi connectivity index (χ1v) is 29.4. The summed E-state index contributed by atoms with van der Waals surface area (Å²) in [5.74, 6) is -0.495. The van der Waals surface area contributed by atoms with E-state index in [4.69, 9.17) is 22.9 Å². The van der Waals surface area contributed by atoms with Crippen LogP contribution >= 0.6 is 0 Å². The monoisotopic (exact) mass is 1270 g/mol. The number of benzene rings is 8. The van der Waals surface area contributed by atoms with Crippen molar-refractivity contribution in [3.63, 3.8) is 0 Å². The van der Waals surface area contributed by atoms with Crippen molar-refractivity contribution in [3.8, 4) is 0 Å². The number of alkyl halides is 3. The van der Waals surface area contributed by atoms with E-state index in [2.05, 4.69) is 41.2 Å². The van der Waals surface area contributed by atoms with Gasteiger partial charge >= 0.3 is 6.18 Å². The largest absolute Gasteiger partial charge is 0.416 e. The number of ketones is 4. The highest BCUT2D eigenvalue weighted by Gasteiger charge is 2.35. The minimum atomic E-state index is -4.49. The second kappa shape index (κ2) is 29.8. The maximum atomic E-state index is 13.6. The van der Waals surface area contributed by atoms with E-state index < -0.39 is 29.9 Å². The first-order chi connectivity index (χ1) is 45.1. The predicted octanol–water partition coefficient (Wildman–Crippen LogP) is 11.9. The third kappa shape index (κ3) is 16.2. The van der Waals surface area contributed by atoms with Gasteiger partial charge in [0.1, 0.15) is 35.8 Å². The van der Waals surface area contributed by atoms with Crippen molar-refractivity contribution in [1.82, 2.24) is 21.3 Å². The average Bonchev–Trinajstić information content (AvgIpc) is 0.808. The molecule has 0 saturated carbocycles. The normalized spacial score (nSPS) is 17.5. The summed E-state index contributed by atoms with van der Waals surface area (Å²) in [6.45, 7) is 5.89. The van der Waals surface area contributed by atoms with Gasteiger partial charge in [0.2, 0.25) is 0 Å².